The van der Waals surface area contributed by atoms with E-state index in [1.54, 1.807) is 6.07 Å². The molecule has 3 heterocycles. The van der Waals surface area contributed by atoms with Crippen molar-refractivity contribution in [3.8, 4) is 0 Å². The molecule has 3 aliphatic rings. The summed E-state index contributed by atoms with van der Waals surface area (Å²) in [6, 6.07) is 6.91. The van der Waals surface area contributed by atoms with E-state index in [9.17, 15) is 9.59 Å². The number of carbonyl (C=O) groups is 2. The lowest BCUT2D eigenvalue weighted by molar-refractivity contribution is -0.136. The molecule has 10 heteroatoms. The SMILES string of the molecule is CCC1=C(C(=O)OC)[C@@H](c2ccccc2Cl)N2C(CC(=O)NCCN3CCOCC3)=CSC2=N1. The number of hydrogen-bond donors (Lipinski definition) is 1. The summed E-state index contributed by atoms with van der Waals surface area (Å²) in [5.74, 6) is -0.528. The van der Waals surface area contributed by atoms with Crippen molar-refractivity contribution in [2.45, 2.75) is 25.8 Å². The van der Waals surface area contributed by atoms with Crippen LogP contribution in [0.1, 0.15) is 31.4 Å². The molecule has 0 saturated carbocycles. The number of allylic oxidation sites excluding steroid dienone is 1. The number of hydrogen-bond acceptors (Lipinski definition) is 8. The number of morpholine rings is 1. The molecule has 1 N–H and O–H groups in total. The Labute approximate surface area is 209 Å². The largest absolute Gasteiger partial charge is 0.466 e. The van der Waals surface area contributed by atoms with Gasteiger partial charge in [0.1, 0.15) is 0 Å². The summed E-state index contributed by atoms with van der Waals surface area (Å²) in [6.07, 6.45) is 0.743. The number of nitrogens with one attached hydrogen (secondary N) is 1. The number of thioether (sulfide) groups is 1. The molecule has 0 aliphatic carbocycles. The molecule has 34 heavy (non-hydrogen) atoms. The zero-order valence-corrected chi connectivity index (χ0v) is 21.0. The van der Waals surface area contributed by atoms with Gasteiger partial charge in [-0.05, 0) is 23.5 Å². The van der Waals surface area contributed by atoms with Gasteiger partial charge in [0.25, 0.3) is 0 Å². The van der Waals surface area contributed by atoms with Gasteiger partial charge >= 0.3 is 5.97 Å². The van der Waals surface area contributed by atoms with Crippen molar-refractivity contribution in [1.82, 2.24) is 15.1 Å². The average Bonchev–Trinajstić information content (AvgIpc) is 3.25. The van der Waals surface area contributed by atoms with Crippen LogP contribution in [0.2, 0.25) is 5.02 Å². The van der Waals surface area contributed by atoms with Gasteiger partial charge in [-0.15, -0.1) is 0 Å². The van der Waals surface area contributed by atoms with E-state index < -0.39 is 12.0 Å². The number of amides is 1. The third-order valence-corrected chi connectivity index (χ3v) is 7.26. The first-order valence-corrected chi connectivity index (χ1v) is 12.7. The summed E-state index contributed by atoms with van der Waals surface area (Å²) in [5.41, 5.74) is 2.65. The Kier molecular flexibility index (Phi) is 8.31. The molecule has 8 nitrogen and oxygen atoms in total. The van der Waals surface area contributed by atoms with E-state index >= 15 is 0 Å². The smallest absolute Gasteiger partial charge is 0.338 e. The van der Waals surface area contributed by atoms with Crippen molar-refractivity contribution in [2.24, 2.45) is 4.99 Å². The van der Waals surface area contributed by atoms with Crippen LogP contribution in [-0.2, 0) is 19.1 Å². The molecule has 1 atom stereocenters. The Bertz CT molecular complexity index is 1040. The predicted molar refractivity (Wildman–Crippen MR) is 133 cm³/mol. The van der Waals surface area contributed by atoms with Gasteiger partial charge in [0, 0.05) is 36.9 Å². The van der Waals surface area contributed by atoms with Crippen LogP contribution in [0.25, 0.3) is 0 Å². The number of fused-ring (bicyclic) bond motifs is 1. The molecule has 0 radical (unpaired) electrons. The molecule has 182 valence electrons. The van der Waals surface area contributed by atoms with E-state index in [1.807, 2.05) is 35.4 Å². The van der Waals surface area contributed by atoms with Crippen molar-refractivity contribution in [3.05, 3.63) is 57.2 Å². The van der Waals surface area contributed by atoms with Crippen LogP contribution in [0.5, 0.6) is 0 Å². The first kappa shape index (κ1) is 24.8. The number of esters is 1. The van der Waals surface area contributed by atoms with Crippen LogP contribution in [0.15, 0.2) is 51.6 Å². The van der Waals surface area contributed by atoms with Crippen LogP contribution in [0.3, 0.4) is 0 Å². The number of methoxy groups -OCH3 is 1. The van der Waals surface area contributed by atoms with Crippen LogP contribution < -0.4 is 5.32 Å². The summed E-state index contributed by atoms with van der Waals surface area (Å²) < 4.78 is 10.5. The normalized spacial score (nSPS) is 20.6. The molecule has 1 amide bonds. The number of aliphatic imine (C=N–C) groups is 1. The maximum atomic E-state index is 12.9. The maximum absolute atomic E-state index is 12.9. The maximum Gasteiger partial charge on any atom is 0.338 e. The number of nitrogens with zero attached hydrogens (tertiary/aromatic N) is 3. The van der Waals surface area contributed by atoms with Crippen LogP contribution in [-0.4, -0.2) is 73.3 Å². The Morgan fingerprint density at radius 2 is 2.06 bits per heavy atom. The lowest BCUT2D eigenvalue weighted by atomic mass is 9.93. The summed E-state index contributed by atoms with van der Waals surface area (Å²) in [4.78, 5) is 34.7. The van der Waals surface area contributed by atoms with Gasteiger partial charge in [0.15, 0.2) is 5.17 Å². The molecule has 0 aromatic heterocycles. The fourth-order valence-electron chi connectivity index (χ4n) is 4.31. The Morgan fingerprint density at radius 3 is 2.76 bits per heavy atom. The first-order valence-electron chi connectivity index (χ1n) is 11.4. The van der Waals surface area contributed by atoms with Crippen molar-refractivity contribution in [1.29, 1.82) is 0 Å². The van der Waals surface area contributed by atoms with Gasteiger partial charge in [0.05, 0.1) is 44.1 Å². The minimum Gasteiger partial charge on any atom is -0.466 e. The van der Waals surface area contributed by atoms with Gasteiger partial charge < -0.3 is 19.7 Å². The second-order valence-electron chi connectivity index (χ2n) is 8.10. The van der Waals surface area contributed by atoms with Gasteiger partial charge in [0.2, 0.25) is 5.91 Å². The topological polar surface area (TPSA) is 83.5 Å². The highest BCUT2D eigenvalue weighted by molar-refractivity contribution is 8.16. The van der Waals surface area contributed by atoms with Crippen molar-refractivity contribution >= 4 is 40.4 Å². The zero-order chi connectivity index (χ0) is 24.1. The van der Waals surface area contributed by atoms with Crippen molar-refractivity contribution in [2.75, 3.05) is 46.5 Å². The molecular formula is C24H29ClN4O4S. The lowest BCUT2D eigenvalue weighted by Crippen LogP contribution is -2.42. The zero-order valence-electron chi connectivity index (χ0n) is 19.4. The Morgan fingerprint density at radius 1 is 1.29 bits per heavy atom. The summed E-state index contributed by atoms with van der Waals surface area (Å²) in [7, 11) is 1.36. The molecule has 1 aromatic carbocycles. The second kappa shape index (κ2) is 11.4. The highest BCUT2D eigenvalue weighted by Crippen LogP contribution is 2.46. The Balaban J connectivity index is 1.55. The molecule has 0 bridgehead atoms. The van der Waals surface area contributed by atoms with Gasteiger partial charge in [-0.25, -0.2) is 9.79 Å². The van der Waals surface area contributed by atoms with E-state index in [1.165, 1.54) is 18.9 Å². The molecule has 1 fully saturated rings. The number of amidine groups is 1. The second-order valence-corrected chi connectivity index (χ2v) is 9.35. The van der Waals surface area contributed by atoms with E-state index in [2.05, 4.69) is 10.2 Å². The molecule has 3 aliphatic heterocycles. The average molecular weight is 505 g/mol. The first-order chi connectivity index (χ1) is 16.5. The summed E-state index contributed by atoms with van der Waals surface area (Å²) in [6.45, 7) is 6.54. The fourth-order valence-corrected chi connectivity index (χ4v) is 5.49. The van der Waals surface area contributed by atoms with E-state index in [4.69, 9.17) is 26.1 Å². The van der Waals surface area contributed by atoms with Crippen LogP contribution in [0, 0.1) is 0 Å². The van der Waals surface area contributed by atoms with E-state index in [0.717, 1.165) is 49.3 Å². The number of benzene rings is 1. The highest BCUT2D eigenvalue weighted by atomic mass is 35.5. The van der Waals surface area contributed by atoms with Crippen molar-refractivity contribution < 1.29 is 19.1 Å². The lowest BCUT2D eigenvalue weighted by Gasteiger charge is -2.37. The standard InChI is InChI=1S/C24H29ClN4O4S/c1-3-19-21(23(31)32-2)22(17-6-4-5-7-18(17)25)29-16(15-34-24(29)27-19)14-20(30)26-8-9-28-10-12-33-13-11-28/h4-7,15,22H,3,8-14H2,1-2H3,(H,26,30)/t22-/m1/s1. The fraction of sp³-hybridized carbons (Fsp3) is 0.458. The molecule has 1 saturated heterocycles. The number of ether oxygens (including phenoxy) is 2. The molecule has 1 aromatic rings. The summed E-state index contributed by atoms with van der Waals surface area (Å²) in [5, 5.41) is 6.21. The minimum absolute atomic E-state index is 0.0795. The van der Waals surface area contributed by atoms with Crippen molar-refractivity contribution in [3.63, 3.8) is 0 Å². The molecule has 0 unspecified atom stereocenters. The van der Waals surface area contributed by atoms with E-state index in [0.29, 0.717) is 29.3 Å². The quantitative estimate of drug-likeness (QED) is 0.544. The Hall–Kier alpha value is -2.33. The van der Waals surface area contributed by atoms with Gasteiger partial charge in [-0.3, -0.25) is 9.69 Å². The van der Waals surface area contributed by atoms with E-state index in [-0.39, 0.29) is 12.3 Å². The molecule has 4 rings (SSSR count). The minimum atomic E-state index is -0.522. The van der Waals surface area contributed by atoms with Crippen LogP contribution >= 0.6 is 23.4 Å². The third kappa shape index (κ3) is 5.33. The van der Waals surface area contributed by atoms with Crippen LogP contribution in [0.4, 0.5) is 0 Å². The molecular weight excluding hydrogens is 476 g/mol. The number of halogens is 1. The van der Waals surface area contributed by atoms with Gasteiger partial charge in [-0.2, -0.15) is 0 Å². The summed E-state index contributed by atoms with van der Waals surface area (Å²) >= 11 is 8.04. The molecule has 0 spiro atoms. The van der Waals surface area contributed by atoms with Gasteiger partial charge in [-0.1, -0.05) is 48.5 Å². The number of rotatable bonds is 8. The monoisotopic (exact) mass is 504 g/mol. The predicted octanol–water partition coefficient (Wildman–Crippen LogP) is 3.32. The highest BCUT2D eigenvalue weighted by Gasteiger charge is 2.42. The third-order valence-electron chi connectivity index (χ3n) is 6.02. The number of carbonyl (C=O) groups excluding carboxylic acids is 2.